The minimum Gasteiger partial charge on any atom is -0.390 e. The zero-order valence-electron chi connectivity index (χ0n) is 10.7. The topological polar surface area (TPSA) is 66.3 Å². The number of carbonyl (C=O) groups excluding carboxylic acids is 1. The molecule has 0 aromatic carbocycles. The quantitative estimate of drug-likeness (QED) is 0.895. The standard InChI is InChI=1S/C14H15N3O2/c1-17(9-11-2-5-15-6-3-11)14(19)12-4-7-16-13(8-12)10-18/h2-8,18H,9-10H2,1H3. The van der Waals surface area contributed by atoms with E-state index < -0.39 is 0 Å². The normalized spacial score (nSPS) is 10.2. The summed E-state index contributed by atoms with van der Waals surface area (Å²) >= 11 is 0. The number of nitrogens with zero attached hydrogens (tertiary/aromatic N) is 3. The van der Waals surface area contributed by atoms with Crippen molar-refractivity contribution in [2.75, 3.05) is 7.05 Å². The number of aliphatic hydroxyl groups is 1. The van der Waals surface area contributed by atoms with Gasteiger partial charge in [0.2, 0.25) is 0 Å². The van der Waals surface area contributed by atoms with Crippen LogP contribution in [0.1, 0.15) is 21.6 Å². The largest absolute Gasteiger partial charge is 0.390 e. The van der Waals surface area contributed by atoms with Crippen molar-refractivity contribution in [1.82, 2.24) is 14.9 Å². The van der Waals surface area contributed by atoms with Crippen molar-refractivity contribution in [2.24, 2.45) is 0 Å². The maximum atomic E-state index is 12.2. The Kier molecular flexibility index (Phi) is 4.20. The zero-order valence-corrected chi connectivity index (χ0v) is 10.7. The first-order valence-electron chi connectivity index (χ1n) is 5.91. The van der Waals surface area contributed by atoms with E-state index in [2.05, 4.69) is 9.97 Å². The Morgan fingerprint density at radius 2 is 2.00 bits per heavy atom. The van der Waals surface area contributed by atoms with E-state index in [4.69, 9.17) is 5.11 Å². The average Bonchev–Trinajstić information content (AvgIpc) is 2.47. The van der Waals surface area contributed by atoms with E-state index in [0.29, 0.717) is 17.8 Å². The Hall–Kier alpha value is -2.27. The smallest absolute Gasteiger partial charge is 0.254 e. The minimum atomic E-state index is -0.171. The van der Waals surface area contributed by atoms with Gasteiger partial charge >= 0.3 is 0 Å². The van der Waals surface area contributed by atoms with Gasteiger partial charge < -0.3 is 10.0 Å². The van der Waals surface area contributed by atoms with Crippen molar-refractivity contribution in [3.63, 3.8) is 0 Å². The van der Waals surface area contributed by atoms with Crippen molar-refractivity contribution in [3.05, 3.63) is 59.7 Å². The van der Waals surface area contributed by atoms with Crippen LogP contribution in [0.15, 0.2) is 42.9 Å². The summed E-state index contributed by atoms with van der Waals surface area (Å²) in [5, 5.41) is 9.02. The fourth-order valence-electron chi connectivity index (χ4n) is 1.75. The highest BCUT2D eigenvalue weighted by Gasteiger charge is 2.12. The molecule has 0 radical (unpaired) electrons. The van der Waals surface area contributed by atoms with Crippen LogP contribution in [0.3, 0.4) is 0 Å². The molecule has 0 atom stereocenters. The Morgan fingerprint density at radius 1 is 1.26 bits per heavy atom. The van der Waals surface area contributed by atoms with E-state index in [1.807, 2.05) is 12.1 Å². The first kappa shape index (κ1) is 13.2. The van der Waals surface area contributed by atoms with Crippen molar-refractivity contribution in [2.45, 2.75) is 13.2 Å². The van der Waals surface area contributed by atoms with Gasteiger partial charge in [0.05, 0.1) is 12.3 Å². The van der Waals surface area contributed by atoms with Crippen LogP contribution in [0.4, 0.5) is 0 Å². The number of hydrogen-bond acceptors (Lipinski definition) is 4. The van der Waals surface area contributed by atoms with Gasteiger partial charge in [-0.1, -0.05) is 0 Å². The maximum absolute atomic E-state index is 12.2. The van der Waals surface area contributed by atoms with Gasteiger partial charge in [-0.05, 0) is 29.8 Å². The lowest BCUT2D eigenvalue weighted by Crippen LogP contribution is -2.26. The number of amides is 1. The van der Waals surface area contributed by atoms with E-state index in [0.717, 1.165) is 5.56 Å². The molecular formula is C14H15N3O2. The Balaban J connectivity index is 2.10. The molecule has 0 aliphatic heterocycles. The molecule has 0 aliphatic carbocycles. The monoisotopic (exact) mass is 257 g/mol. The number of aliphatic hydroxyl groups excluding tert-OH is 1. The third-order valence-electron chi connectivity index (χ3n) is 2.74. The van der Waals surface area contributed by atoms with Gasteiger partial charge in [-0.15, -0.1) is 0 Å². The molecule has 19 heavy (non-hydrogen) atoms. The lowest BCUT2D eigenvalue weighted by molar-refractivity contribution is 0.0784. The number of aromatic nitrogens is 2. The van der Waals surface area contributed by atoms with Crippen molar-refractivity contribution < 1.29 is 9.90 Å². The van der Waals surface area contributed by atoms with Crippen LogP contribution in [-0.4, -0.2) is 32.9 Å². The van der Waals surface area contributed by atoms with Crippen LogP contribution in [0.5, 0.6) is 0 Å². The molecule has 5 nitrogen and oxygen atoms in total. The molecular weight excluding hydrogens is 242 g/mol. The molecule has 5 heteroatoms. The molecule has 0 unspecified atom stereocenters. The van der Waals surface area contributed by atoms with Gasteiger partial charge in [0, 0.05) is 37.7 Å². The van der Waals surface area contributed by atoms with Crippen LogP contribution in [0, 0.1) is 0 Å². The summed E-state index contributed by atoms with van der Waals surface area (Å²) in [5.41, 5.74) is 2.03. The van der Waals surface area contributed by atoms with Crippen LogP contribution in [0.25, 0.3) is 0 Å². The summed E-state index contributed by atoms with van der Waals surface area (Å²) in [6.07, 6.45) is 4.92. The van der Waals surface area contributed by atoms with Gasteiger partial charge in [-0.3, -0.25) is 14.8 Å². The summed E-state index contributed by atoms with van der Waals surface area (Å²) in [7, 11) is 1.74. The number of rotatable bonds is 4. The number of hydrogen-bond donors (Lipinski definition) is 1. The van der Waals surface area contributed by atoms with Gasteiger partial charge in [0.15, 0.2) is 0 Å². The predicted octanol–water partition coefficient (Wildman–Crippen LogP) is 1.24. The summed E-state index contributed by atoms with van der Waals surface area (Å²) in [6, 6.07) is 6.99. The second-order valence-electron chi connectivity index (χ2n) is 4.21. The van der Waals surface area contributed by atoms with E-state index in [-0.39, 0.29) is 12.5 Å². The predicted molar refractivity (Wildman–Crippen MR) is 70.2 cm³/mol. The van der Waals surface area contributed by atoms with E-state index in [1.54, 1.807) is 36.5 Å². The third-order valence-corrected chi connectivity index (χ3v) is 2.74. The molecule has 0 saturated heterocycles. The van der Waals surface area contributed by atoms with Gasteiger partial charge in [-0.2, -0.15) is 0 Å². The molecule has 0 saturated carbocycles. The van der Waals surface area contributed by atoms with E-state index in [9.17, 15) is 4.79 Å². The van der Waals surface area contributed by atoms with E-state index in [1.165, 1.54) is 6.20 Å². The fourth-order valence-corrected chi connectivity index (χ4v) is 1.75. The Morgan fingerprint density at radius 3 is 2.68 bits per heavy atom. The lowest BCUT2D eigenvalue weighted by Gasteiger charge is -2.17. The van der Waals surface area contributed by atoms with Crippen molar-refractivity contribution in [1.29, 1.82) is 0 Å². The van der Waals surface area contributed by atoms with Crippen LogP contribution >= 0.6 is 0 Å². The van der Waals surface area contributed by atoms with Crippen LogP contribution in [0.2, 0.25) is 0 Å². The summed E-state index contributed by atoms with van der Waals surface area (Å²) in [4.78, 5) is 21.7. The van der Waals surface area contributed by atoms with Crippen LogP contribution < -0.4 is 0 Å². The molecule has 98 valence electrons. The number of carbonyl (C=O) groups is 1. The second-order valence-corrected chi connectivity index (χ2v) is 4.21. The second kappa shape index (κ2) is 6.06. The molecule has 1 amide bonds. The molecule has 2 aromatic rings. The molecule has 0 spiro atoms. The minimum absolute atomic E-state index is 0.103. The molecule has 1 N–H and O–H groups in total. The Labute approximate surface area is 111 Å². The molecule has 2 aromatic heterocycles. The number of pyridine rings is 2. The summed E-state index contributed by atoms with van der Waals surface area (Å²) in [6.45, 7) is 0.341. The highest BCUT2D eigenvalue weighted by atomic mass is 16.3. The molecule has 0 aliphatic rings. The summed E-state index contributed by atoms with van der Waals surface area (Å²) < 4.78 is 0. The average molecular weight is 257 g/mol. The van der Waals surface area contributed by atoms with Crippen LogP contribution in [-0.2, 0) is 13.2 Å². The van der Waals surface area contributed by atoms with E-state index >= 15 is 0 Å². The first-order chi connectivity index (χ1) is 9.20. The maximum Gasteiger partial charge on any atom is 0.254 e. The molecule has 2 heterocycles. The highest BCUT2D eigenvalue weighted by molar-refractivity contribution is 5.94. The first-order valence-corrected chi connectivity index (χ1v) is 5.91. The Bertz CT molecular complexity index is 558. The molecule has 0 fully saturated rings. The third kappa shape index (κ3) is 3.35. The lowest BCUT2D eigenvalue weighted by atomic mass is 10.2. The van der Waals surface area contributed by atoms with Crippen molar-refractivity contribution >= 4 is 5.91 Å². The van der Waals surface area contributed by atoms with Crippen molar-refractivity contribution in [3.8, 4) is 0 Å². The van der Waals surface area contributed by atoms with Gasteiger partial charge in [0.25, 0.3) is 5.91 Å². The van der Waals surface area contributed by atoms with Gasteiger partial charge in [0.1, 0.15) is 0 Å². The molecule has 0 bridgehead atoms. The van der Waals surface area contributed by atoms with Gasteiger partial charge in [-0.25, -0.2) is 0 Å². The SMILES string of the molecule is CN(Cc1ccncc1)C(=O)c1ccnc(CO)c1. The summed E-state index contributed by atoms with van der Waals surface area (Å²) in [5.74, 6) is -0.103. The highest BCUT2D eigenvalue weighted by Crippen LogP contribution is 2.08. The fraction of sp³-hybridized carbons (Fsp3) is 0.214. The zero-order chi connectivity index (χ0) is 13.7. The molecule has 2 rings (SSSR count).